The van der Waals surface area contributed by atoms with Crippen molar-refractivity contribution in [2.24, 2.45) is 0 Å². The zero-order valence-electron chi connectivity index (χ0n) is 13.1. The molecule has 6 heteroatoms. The first-order chi connectivity index (χ1) is 11.1. The third-order valence-corrected chi connectivity index (χ3v) is 4.24. The van der Waals surface area contributed by atoms with E-state index in [2.05, 4.69) is 20.2 Å². The Hall–Kier alpha value is -2.14. The molecule has 23 heavy (non-hydrogen) atoms. The second-order valence-corrected chi connectivity index (χ2v) is 6.16. The minimum Gasteiger partial charge on any atom is -0.357 e. The second kappa shape index (κ2) is 6.96. The number of anilines is 2. The summed E-state index contributed by atoms with van der Waals surface area (Å²) in [5.41, 5.74) is 2.02. The van der Waals surface area contributed by atoms with Crippen molar-refractivity contribution in [3.8, 4) is 0 Å². The summed E-state index contributed by atoms with van der Waals surface area (Å²) in [6.07, 6.45) is 5.03. The SMILES string of the molecule is Cc1cc(Cl)ccc1NC(=O)c1cc(N2CCCCC2)ncn1. The molecule has 3 rings (SSSR count). The highest BCUT2D eigenvalue weighted by Crippen LogP contribution is 2.21. The fourth-order valence-corrected chi connectivity index (χ4v) is 2.95. The molecule has 2 aromatic rings. The summed E-state index contributed by atoms with van der Waals surface area (Å²) in [6.45, 7) is 3.86. The van der Waals surface area contributed by atoms with E-state index in [0.717, 1.165) is 43.0 Å². The third-order valence-electron chi connectivity index (χ3n) is 4.00. The lowest BCUT2D eigenvalue weighted by Crippen LogP contribution is -2.30. The summed E-state index contributed by atoms with van der Waals surface area (Å²) < 4.78 is 0. The average molecular weight is 331 g/mol. The van der Waals surface area contributed by atoms with Crippen molar-refractivity contribution < 1.29 is 4.79 Å². The number of rotatable bonds is 3. The summed E-state index contributed by atoms with van der Waals surface area (Å²) in [7, 11) is 0. The van der Waals surface area contributed by atoms with Crippen LogP contribution in [-0.2, 0) is 0 Å². The van der Waals surface area contributed by atoms with Gasteiger partial charge in [-0.1, -0.05) is 11.6 Å². The number of aryl methyl sites for hydroxylation is 1. The van der Waals surface area contributed by atoms with Crippen LogP contribution in [0.15, 0.2) is 30.6 Å². The molecule has 1 aliphatic rings. The van der Waals surface area contributed by atoms with E-state index in [0.29, 0.717) is 10.7 Å². The van der Waals surface area contributed by atoms with Gasteiger partial charge in [0.1, 0.15) is 17.8 Å². The Balaban J connectivity index is 1.76. The molecular formula is C17H19ClN4O. The van der Waals surface area contributed by atoms with Crippen LogP contribution in [0, 0.1) is 6.92 Å². The largest absolute Gasteiger partial charge is 0.357 e. The molecule has 5 nitrogen and oxygen atoms in total. The van der Waals surface area contributed by atoms with E-state index in [1.54, 1.807) is 18.2 Å². The van der Waals surface area contributed by atoms with Crippen LogP contribution in [0.5, 0.6) is 0 Å². The van der Waals surface area contributed by atoms with Gasteiger partial charge in [0.05, 0.1) is 0 Å². The van der Waals surface area contributed by atoms with Crippen LogP contribution in [0.25, 0.3) is 0 Å². The monoisotopic (exact) mass is 330 g/mol. The number of carbonyl (C=O) groups excluding carboxylic acids is 1. The molecule has 1 aromatic carbocycles. The van der Waals surface area contributed by atoms with Gasteiger partial charge in [-0.15, -0.1) is 0 Å². The molecule has 0 atom stereocenters. The van der Waals surface area contributed by atoms with Gasteiger partial charge in [-0.2, -0.15) is 0 Å². The van der Waals surface area contributed by atoms with E-state index in [1.165, 1.54) is 12.7 Å². The first-order valence-electron chi connectivity index (χ1n) is 7.78. The van der Waals surface area contributed by atoms with E-state index >= 15 is 0 Å². The maximum absolute atomic E-state index is 12.4. The van der Waals surface area contributed by atoms with E-state index in [-0.39, 0.29) is 5.91 Å². The Labute approximate surface area is 140 Å². The van der Waals surface area contributed by atoms with Crippen molar-refractivity contribution in [3.63, 3.8) is 0 Å². The van der Waals surface area contributed by atoms with E-state index in [9.17, 15) is 4.79 Å². The minimum atomic E-state index is -0.240. The van der Waals surface area contributed by atoms with Gasteiger partial charge in [-0.05, 0) is 49.9 Å². The van der Waals surface area contributed by atoms with Gasteiger partial charge >= 0.3 is 0 Å². The molecule has 1 aliphatic heterocycles. The molecule has 1 saturated heterocycles. The topological polar surface area (TPSA) is 58.1 Å². The van der Waals surface area contributed by atoms with Crippen molar-refractivity contribution in [1.82, 2.24) is 9.97 Å². The van der Waals surface area contributed by atoms with Crippen molar-refractivity contribution in [2.45, 2.75) is 26.2 Å². The third kappa shape index (κ3) is 3.79. The first-order valence-corrected chi connectivity index (χ1v) is 8.16. The summed E-state index contributed by atoms with van der Waals surface area (Å²) in [4.78, 5) is 23.0. The predicted octanol–water partition coefficient (Wildman–Crippen LogP) is 3.68. The highest BCUT2D eigenvalue weighted by atomic mass is 35.5. The van der Waals surface area contributed by atoms with E-state index in [1.807, 2.05) is 13.0 Å². The Morgan fingerprint density at radius 1 is 1.17 bits per heavy atom. The summed E-state index contributed by atoms with van der Waals surface area (Å²) in [5, 5.41) is 3.53. The molecule has 1 aromatic heterocycles. The lowest BCUT2D eigenvalue weighted by atomic mass is 10.1. The fourth-order valence-electron chi connectivity index (χ4n) is 2.72. The molecule has 2 heterocycles. The van der Waals surface area contributed by atoms with Crippen molar-refractivity contribution in [3.05, 3.63) is 46.9 Å². The minimum absolute atomic E-state index is 0.240. The number of halogens is 1. The van der Waals surface area contributed by atoms with Gasteiger partial charge in [0, 0.05) is 29.9 Å². The van der Waals surface area contributed by atoms with E-state index in [4.69, 9.17) is 11.6 Å². The van der Waals surface area contributed by atoms with Crippen LogP contribution in [0.2, 0.25) is 5.02 Å². The molecule has 1 fully saturated rings. The number of amides is 1. The molecule has 0 unspecified atom stereocenters. The molecule has 1 amide bonds. The Morgan fingerprint density at radius 3 is 2.70 bits per heavy atom. The predicted molar refractivity (Wildman–Crippen MR) is 92.2 cm³/mol. The van der Waals surface area contributed by atoms with Gasteiger partial charge in [-0.25, -0.2) is 9.97 Å². The van der Waals surface area contributed by atoms with Crippen LogP contribution in [0.1, 0.15) is 35.3 Å². The molecule has 0 radical (unpaired) electrons. The smallest absolute Gasteiger partial charge is 0.274 e. The molecule has 1 N–H and O–H groups in total. The number of hydrogen-bond acceptors (Lipinski definition) is 4. The maximum Gasteiger partial charge on any atom is 0.274 e. The van der Waals surface area contributed by atoms with Crippen LogP contribution in [0.3, 0.4) is 0 Å². The van der Waals surface area contributed by atoms with Crippen LogP contribution in [0.4, 0.5) is 11.5 Å². The number of piperidine rings is 1. The highest BCUT2D eigenvalue weighted by molar-refractivity contribution is 6.30. The number of nitrogens with zero attached hydrogens (tertiary/aromatic N) is 3. The van der Waals surface area contributed by atoms with Crippen molar-refractivity contribution in [2.75, 3.05) is 23.3 Å². The van der Waals surface area contributed by atoms with Gasteiger partial charge < -0.3 is 10.2 Å². The molecule has 0 aliphatic carbocycles. The number of hydrogen-bond donors (Lipinski definition) is 1. The van der Waals surface area contributed by atoms with Crippen molar-refractivity contribution >= 4 is 29.0 Å². The standard InChI is InChI=1S/C17H19ClN4O/c1-12-9-13(18)5-6-14(12)21-17(23)15-10-16(20-11-19-15)22-7-3-2-4-8-22/h5-6,9-11H,2-4,7-8H2,1H3,(H,21,23). The maximum atomic E-state index is 12.4. The number of benzene rings is 1. The molecule has 0 spiro atoms. The Morgan fingerprint density at radius 2 is 1.96 bits per heavy atom. The zero-order chi connectivity index (χ0) is 16.2. The number of aromatic nitrogens is 2. The molecular weight excluding hydrogens is 312 g/mol. The van der Waals surface area contributed by atoms with Crippen LogP contribution < -0.4 is 10.2 Å². The Bertz CT molecular complexity index is 713. The molecule has 0 bridgehead atoms. The van der Waals surface area contributed by atoms with Gasteiger partial charge in [0.25, 0.3) is 5.91 Å². The van der Waals surface area contributed by atoms with Gasteiger partial charge in [0.2, 0.25) is 0 Å². The second-order valence-electron chi connectivity index (χ2n) is 5.72. The average Bonchev–Trinajstić information content (AvgIpc) is 2.58. The normalized spacial score (nSPS) is 14.6. The van der Waals surface area contributed by atoms with E-state index < -0.39 is 0 Å². The van der Waals surface area contributed by atoms with Gasteiger partial charge in [-0.3, -0.25) is 4.79 Å². The highest BCUT2D eigenvalue weighted by Gasteiger charge is 2.15. The summed E-state index contributed by atoms with van der Waals surface area (Å²) in [5.74, 6) is 0.578. The summed E-state index contributed by atoms with van der Waals surface area (Å²) >= 11 is 5.94. The van der Waals surface area contributed by atoms with Crippen molar-refractivity contribution in [1.29, 1.82) is 0 Å². The number of nitrogens with one attached hydrogen (secondary N) is 1. The van der Waals surface area contributed by atoms with Crippen LogP contribution in [-0.4, -0.2) is 29.0 Å². The quantitative estimate of drug-likeness (QED) is 0.932. The molecule has 0 saturated carbocycles. The lowest BCUT2D eigenvalue weighted by Gasteiger charge is -2.27. The first kappa shape index (κ1) is 15.7. The molecule has 120 valence electrons. The number of carbonyl (C=O) groups is 1. The summed E-state index contributed by atoms with van der Waals surface area (Å²) in [6, 6.07) is 7.12. The van der Waals surface area contributed by atoms with Gasteiger partial charge in [0.15, 0.2) is 0 Å². The zero-order valence-corrected chi connectivity index (χ0v) is 13.8. The van der Waals surface area contributed by atoms with Crippen LogP contribution >= 0.6 is 11.6 Å². The Kier molecular flexibility index (Phi) is 4.76. The fraction of sp³-hybridized carbons (Fsp3) is 0.353. The lowest BCUT2D eigenvalue weighted by molar-refractivity contribution is 0.102.